The molecule has 1 heterocycles. The summed E-state index contributed by atoms with van der Waals surface area (Å²) < 4.78 is 27.8. The summed E-state index contributed by atoms with van der Waals surface area (Å²) in [5, 5.41) is 10.7. The van der Waals surface area contributed by atoms with Gasteiger partial charge in [-0.2, -0.15) is 4.39 Å². The van der Waals surface area contributed by atoms with Crippen LogP contribution < -0.4 is 0 Å². The first-order valence-corrected chi connectivity index (χ1v) is 6.94. The van der Waals surface area contributed by atoms with Crippen molar-refractivity contribution >= 4 is 11.6 Å². The maximum Gasteiger partial charge on any atom is 0.305 e. The molecule has 1 saturated heterocycles. The van der Waals surface area contributed by atoms with Gasteiger partial charge in [0.05, 0.1) is 4.92 Å². The zero-order chi connectivity index (χ0) is 15.4. The van der Waals surface area contributed by atoms with Gasteiger partial charge in [-0.25, -0.2) is 4.39 Å². The molecule has 0 N–H and O–H groups in total. The maximum atomic E-state index is 14.0. The third kappa shape index (κ3) is 3.34. The molecule has 1 amide bonds. The quantitative estimate of drug-likeness (QED) is 0.621. The van der Waals surface area contributed by atoms with Crippen LogP contribution in [0.25, 0.3) is 0 Å². The predicted octanol–water partition coefficient (Wildman–Crippen LogP) is 3.28. The molecule has 0 spiro atoms. The molecule has 1 aliphatic rings. The first-order chi connectivity index (χ1) is 10.0. The molecule has 5 nitrogen and oxygen atoms in total. The van der Waals surface area contributed by atoms with E-state index in [2.05, 4.69) is 0 Å². The van der Waals surface area contributed by atoms with Crippen LogP contribution in [0.2, 0.25) is 0 Å². The van der Waals surface area contributed by atoms with Crippen molar-refractivity contribution in [2.45, 2.75) is 32.1 Å². The molecule has 7 heteroatoms. The van der Waals surface area contributed by atoms with Crippen LogP contribution in [0.5, 0.6) is 0 Å². The molecule has 1 aromatic carbocycles. The molecule has 0 saturated carbocycles. The van der Waals surface area contributed by atoms with E-state index in [4.69, 9.17) is 0 Å². The lowest BCUT2D eigenvalue weighted by molar-refractivity contribution is -0.387. The van der Waals surface area contributed by atoms with Gasteiger partial charge in [0.15, 0.2) is 0 Å². The molecule has 0 radical (unpaired) electrons. The summed E-state index contributed by atoms with van der Waals surface area (Å²) in [6.07, 6.45) is 4.54. The molecule has 0 unspecified atom stereocenters. The fourth-order valence-corrected chi connectivity index (χ4v) is 2.49. The molecule has 0 aromatic heterocycles. The standard InChI is InChI=1S/C14H16F2N2O3/c15-10-6-7-11(18(20)21)13(16)12(10)14(19)17-8-4-2-1-3-5-9-17/h6-7H,1-5,8-9H2. The zero-order valence-corrected chi connectivity index (χ0v) is 11.5. The average Bonchev–Trinajstić information content (AvgIpc) is 2.37. The van der Waals surface area contributed by atoms with Crippen molar-refractivity contribution in [3.63, 3.8) is 0 Å². The molecular weight excluding hydrogens is 282 g/mol. The van der Waals surface area contributed by atoms with Gasteiger partial charge in [0, 0.05) is 19.2 Å². The number of halogens is 2. The number of likely N-dealkylation sites (tertiary alicyclic amines) is 1. The summed E-state index contributed by atoms with van der Waals surface area (Å²) in [6, 6.07) is 1.49. The van der Waals surface area contributed by atoms with Crippen LogP contribution in [0.4, 0.5) is 14.5 Å². The third-order valence-electron chi connectivity index (χ3n) is 3.62. The number of carbonyl (C=O) groups is 1. The summed E-state index contributed by atoms with van der Waals surface area (Å²) in [6.45, 7) is 0.834. The summed E-state index contributed by atoms with van der Waals surface area (Å²) in [4.78, 5) is 23.4. The smallest absolute Gasteiger partial charge is 0.305 e. The molecule has 0 aliphatic carbocycles. The second kappa shape index (κ2) is 6.60. The zero-order valence-electron chi connectivity index (χ0n) is 11.5. The number of nitro groups is 1. The summed E-state index contributed by atoms with van der Waals surface area (Å²) in [5.74, 6) is -3.27. The number of nitro benzene ring substituents is 1. The Kier molecular flexibility index (Phi) is 4.82. The van der Waals surface area contributed by atoms with Gasteiger partial charge in [-0.1, -0.05) is 19.3 Å². The lowest BCUT2D eigenvalue weighted by Crippen LogP contribution is -2.35. The number of hydrogen-bond donors (Lipinski definition) is 0. The fraction of sp³-hybridized carbons (Fsp3) is 0.500. The molecule has 0 atom stereocenters. The second-order valence-electron chi connectivity index (χ2n) is 5.07. The van der Waals surface area contributed by atoms with E-state index in [0.29, 0.717) is 13.1 Å². The van der Waals surface area contributed by atoms with Gasteiger partial charge in [-0.15, -0.1) is 0 Å². The lowest BCUT2D eigenvalue weighted by Gasteiger charge is -2.25. The first-order valence-electron chi connectivity index (χ1n) is 6.94. The number of nitrogens with zero attached hydrogens (tertiary/aromatic N) is 2. The normalized spacial score (nSPS) is 16.2. The van der Waals surface area contributed by atoms with Crippen LogP contribution in [-0.2, 0) is 0 Å². The minimum Gasteiger partial charge on any atom is -0.338 e. The van der Waals surface area contributed by atoms with Crippen molar-refractivity contribution in [1.29, 1.82) is 0 Å². The maximum absolute atomic E-state index is 14.0. The van der Waals surface area contributed by atoms with E-state index >= 15 is 0 Å². The summed E-state index contributed by atoms with van der Waals surface area (Å²) >= 11 is 0. The molecule has 114 valence electrons. The van der Waals surface area contributed by atoms with Crippen LogP contribution in [0.1, 0.15) is 42.5 Å². The van der Waals surface area contributed by atoms with Crippen molar-refractivity contribution < 1.29 is 18.5 Å². The molecular formula is C14H16F2N2O3. The van der Waals surface area contributed by atoms with E-state index in [-0.39, 0.29) is 0 Å². The van der Waals surface area contributed by atoms with Gasteiger partial charge in [-0.3, -0.25) is 14.9 Å². The van der Waals surface area contributed by atoms with E-state index in [1.807, 2.05) is 0 Å². The number of amides is 1. The fourth-order valence-electron chi connectivity index (χ4n) is 2.49. The van der Waals surface area contributed by atoms with Gasteiger partial charge in [0.25, 0.3) is 5.91 Å². The number of benzene rings is 1. The van der Waals surface area contributed by atoms with E-state index in [9.17, 15) is 23.7 Å². The number of rotatable bonds is 2. The van der Waals surface area contributed by atoms with Crippen molar-refractivity contribution in [1.82, 2.24) is 4.90 Å². The molecule has 1 aliphatic heterocycles. The average molecular weight is 298 g/mol. The second-order valence-corrected chi connectivity index (χ2v) is 5.07. The Morgan fingerprint density at radius 2 is 1.67 bits per heavy atom. The van der Waals surface area contributed by atoms with Crippen LogP contribution in [0.3, 0.4) is 0 Å². The van der Waals surface area contributed by atoms with Gasteiger partial charge < -0.3 is 4.90 Å². The highest BCUT2D eigenvalue weighted by molar-refractivity contribution is 5.95. The number of hydrogen-bond acceptors (Lipinski definition) is 3. The minimum atomic E-state index is -1.40. The Morgan fingerprint density at radius 3 is 2.24 bits per heavy atom. The molecule has 2 rings (SSSR count). The number of carbonyl (C=O) groups excluding carboxylic acids is 1. The Bertz CT molecular complexity index is 555. The Labute approximate surface area is 120 Å². The van der Waals surface area contributed by atoms with Crippen molar-refractivity contribution in [3.8, 4) is 0 Å². The molecule has 1 aromatic rings. The van der Waals surface area contributed by atoms with E-state index in [1.54, 1.807) is 0 Å². The molecule has 21 heavy (non-hydrogen) atoms. The highest BCUT2D eigenvalue weighted by Gasteiger charge is 2.29. The van der Waals surface area contributed by atoms with E-state index < -0.39 is 33.7 Å². The minimum absolute atomic E-state index is 0.417. The van der Waals surface area contributed by atoms with Gasteiger partial charge in [0.2, 0.25) is 5.82 Å². The van der Waals surface area contributed by atoms with Crippen molar-refractivity contribution in [3.05, 3.63) is 39.4 Å². The highest BCUT2D eigenvalue weighted by Crippen LogP contribution is 2.25. The topological polar surface area (TPSA) is 63.4 Å². The Balaban J connectivity index is 2.33. The Hall–Kier alpha value is -2.05. The highest BCUT2D eigenvalue weighted by atomic mass is 19.1. The Morgan fingerprint density at radius 1 is 1.10 bits per heavy atom. The summed E-state index contributed by atoms with van der Waals surface area (Å²) in [7, 11) is 0. The van der Waals surface area contributed by atoms with Crippen LogP contribution in [-0.4, -0.2) is 28.8 Å². The largest absolute Gasteiger partial charge is 0.338 e. The van der Waals surface area contributed by atoms with Gasteiger partial charge in [0.1, 0.15) is 11.4 Å². The summed E-state index contributed by atoms with van der Waals surface area (Å²) in [5.41, 5.74) is -1.71. The SMILES string of the molecule is O=C(c1c(F)ccc([N+](=O)[O-])c1F)N1CCCCCCC1. The van der Waals surface area contributed by atoms with E-state index in [0.717, 1.165) is 44.2 Å². The van der Waals surface area contributed by atoms with E-state index in [1.165, 1.54) is 4.90 Å². The van der Waals surface area contributed by atoms with Crippen LogP contribution >= 0.6 is 0 Å². The lowest BCUT2D eigenvalue weighted by atomic mass is 10.1. The molecule has 1 fully saturated rings. The monoisotopic (exact) mass is 298 g/mol. The van der Waals surface area contributed by atoms with Gasteiger partial charge in [-0.05, 0) is 18.9 Å². The van der Waals surface area contributed by atoms with Gasteiger partial charge >= 0.3 is 5.69 Å². The van der Waals surface area contributed by atoms with Crippen LogP contribution in [0.15, 0.2) is 12.1 Å². The van der Waals surface area contributed by atoms with Crippen LogP contribution in [0, 0.1) is 21.7 Å². The van der Waals surface area contributed by atoms with Crippen molar-refractivity contribution in [2.24, 2.45) is 0 Å². The predicted molar refractivity (Wildman–Crippen MR) is 72.0 cm³/mol. The third-order valence-corrected chi connectivity index (χ3v) is 3.62. The first kappa shape index (κ1) is 15.3. The molecule has 0 bridgehead atoms. The van der Waals surface area contributed by atoms with Crippen molar-refractivity contribution in [2.75, 3.05) is 13.1 Å².